The fourth-order valence-electron chi connectivity index (χ4n) is 1.47. The number of aliphatic hydroxyl groups excluding tert-OH is 1. The molecule has 0 aliphatic heterocycles. The third kappa shape index (κ3) is 3.22. The summed E-state index contributed by atoms with van der Waals surface area (Å²) in [5, 5.41) is 9.80. The van der Waals surface area contributed by atoms with Gasteiger partial charge in [-0.1, -0.05) is 12.1 Å². The molecule has 0 heterocycles. The van der Waals surface area contributed by atoms with Crippen molar-refractivity contribution in [1.82, 2.24) is 0 Å². The van der Waals surface area contributed by atoms with Crippen LogP contribution in [-0.2, 0) is 15.7 Å². The highest BCUT2D eigenvalue weighted by molar-refractivity contribution is 5.72. The van der Waals surface area contributed by atoms with Crippen molar-refractivity contribution < 1.29 is 27.8 Å². The summed E-state index contributed by atoms with van der Waals surface area (Å²) in [5.41, 5.74) is -0.565. The molecular formula is C12H13F3O3. The standard InChI is InChI=1S/C12H13F3O3/c1-7(11(17)18-2)10(16)8-3-5-9(6-4-8)12(13,14)15/h3-7,10,16H,1-2H3/t7-,10+/m1/s1. The van der Waals surface area contributed by atoms with Crippen LogP contribution in [0.15, 0.2) is 24.3 Å². The molecule has 18 heavy (non-hydrogen) atoms. The van der Waals surface area contributed by atoms with Crippen molar-refractivity contribution in [3.8, 4) is 0 Å². The van der Waals surface area contributed by atoms with Gasteiger partial charge >= 0.3 is 12.1 Å². The second kappa shape index (κ2) is 5.39. The van der Waals surface area contributed by atoms with Gasteiger partial charge in [0.15, 0.2) is 0 Å². The number of carbonyl (C=O) groups is 1. The van der Waals surface area contributed by atoms with Gasteiger partial charge in [0.2, 0.25) is 0 Å². The molecule has 2 atom stereocenters. The second-order valence-electron chi connectivity index (χ2n) is 3.88. The average molecular weight is 262 g/mol. The highest BCUT2D eigenvalue weighted by Crippen LogP contribution is 2.31. The minimum atomic E-state index is -4.42. The summed E-state index contributed by atoms with van der Waals surface area (Å²) in [6.45, 7) is 1.44. The molecule has 1 N–H and O–H groups in total. The number of benzene rings is 1. The molecule has 0 aliphatic rings. The van der Waals surface area contributed by atoms with Gasteiger partial charge in [-0.2, -0.15) is 13.2 Å². The number of rotatable bonds is 3. The number of alkyl halides is 3. The monoisotopic (exact) mass is 262 g/mol. The summed E-state index contributed by atoms with van der Waals surface area (Å²) in [7, 11) is 1.18. The number of carbonyl (C=O) groups excluding carboxylic acids is 1. The lowest BCUT2D eigenvalue weighted by atomic mass is 9.96. The minimum Gasteiger partial charge on any atom is -0.469 e. The molecule has 0 aromatic heterocycles. The lowest BCUT2D eigenvalue weighted by Gasteiger charge is -2.17. The Balaban J connectivity index is 2.89. The molecule has 0 saturated carbocycles. The van der Waals surface area contributed by atoms with E-state index in [0.29, 0.717) is 0 Å². The van der Waals surface area contributed by atoms with Crippen molar-refractivity contribution in [2.75, 3.05) is 7.11 Å². The molecule has 1 aromatic carbocycles. The summed E-state index contributed by atoms with van der Waals surface area (Å²) in [6.07, 6.45) is -5.61. The molecule has 0 fully saturated rings. The molecule has 6 heteroatoms. The molecular weight excluding hydrogens is 249 g/mol. The maximum absolute atomic E-state index is 12.3. The third-order valence-corrected chi connectivity index (χ3v) is 2.63. The van der Waals surface area contributed by atoms with Gasteiger partial charge in [-0.15, -0.1) is 0 Å². The van der Waals surface area contributed by atoms with E-state index >= 15 is 0 Å². The molecule has 0 saturated heterocycles. The van der Waals surface area contributed by atoms with Crippen molar-refractivity contribution >= 4 is 5.97 Å². The number of hydrogen-bond acceptors (Lipinski definition) is 3. The van der Waals surface area contributed by atoms with Crippen LogP contribution < -0.4 is 0 Å². The lowest BCUT2D eigenvalue weighted by molar-refractivity contribution is -0.148. The van der Waals surface area contributed by atoms with Crippen LogP contribution >= 0.6 is 0 Å². The summed E-state index contributed by atoms with van der Waals surface area (Å²) in [4.78, 5) is 11.2. The van der Waals surface area contributed by atoms with Crippen LogP contribution in [0.3, 0.4) is 0 Å². The molecule has 0 bridgehead atoms. The molecule has 0 aliphatic carbocycles. The predicted molar refractivity (Wildman–Crippen MR) is 57.6 cm³/mol. The highest BCUT2D eigenvalue weighted by atomic mass is 19.4. The Morgan fingerprint density at radius 1 is 1.28 bits per heavy atom. The van der Waals surface area contributed by atoms with E-state index in [-0.39, 0.29) is 5.56 Å². The molecule has 100 valence electrons. The number of esters is 1. The number of aliphatic hydroxyl groups is 1. The van der Waals surface area contributed by atoms with Crippen LogP contribution in [-0.4, -0.2) is 18.2 Å². The van der Waals surface area contributed by atoms with E-state index in [1.165, 1.54) is 14.0 Å². The zero-order valence-corrected chi connectivity index (χ0v) is 9.86. The van der Waals surface area contributed by atoms with Crippen LogP contribution in [0.4, 0.5) is 13.2 Å². The highest BCUT2D eigenvalue weighted by Gasteiger charge is 2.31. The van der Waals surface area contributed by atoms with Gasteiger partial charge < -0.3 is 9.84 Å². The first-order valence-corrected chi connectivity index (χ1v) is 5.20. The van der Waals surface area contributed by atoms with E-state index in [1.54, 1.807) is 0 Å². The van der Waals surface area contributed by atoms with Crippen molar-refractivity contribution in [3.63, 3.8) is 0 Å². The van der Waals surface area contributed by atoms with Gasteiger partial charge in [0, 0.05) is 0 Å². The Kier molecular flexibility index (Phi) is 4.34. The predicted octanol–water partition coefficient (Wildman–Crippen LogP) is 2.55. The van der Waals surface area contributed by atoms with Crippen molar-refractivity contribution in [3.05, 3.63) is 35.4 Å². The van der Waals surface area contributed by atoms with E-state index in [9.17, 15) is 23.1 Å². The first-order chi connectivity index (χ1) is 8.27. The largest absolute Gasteiger partial charge is 0.469 e. The minimum absolute atomic E-state index is 0.237. The first kappa shape index (κ1) is 14.5. The second-order valence-corrected chi connectivity index (χ2v) is 3.88. The van der Waals surface area contributed by atoms with Gasteiger partial charge in [0.05, 0.1) is 24.7 Å². The Hall–Kier alpha value is -1.56. The van der Waals surface area contributed by atoms with Crippen molar-refractivity contribution in [2.45, 2.75) is 19.2 Å². The number of halogens is 3. The Morgan fingerprint density at radius 2 is 1.78 bits per heavy atom. The van der Waals surface area contributed by atoms with Crippen LogP contribution in [0.2, 0.25) is 0 Å². The molecule has 0 amide bonds. The number of methoxy groups -OCH3 is 1. The van der Waals surface area contributed by atoms with E-state index in [4.69, 9.17) is 0 Å². The van der Waals surface area contributed by atoms with Gasteiger partial charge in [0.1, 0.15) is 0 Å². The molecule has 0 unspecified atom stereocenters. The van der Waals surface area contributed by atoms with Crippen LogP contribution in [0, 0.1) is 5.92 Å². The summed E-state index contributed by atoms with van der Waals surface area (Å²) < 4.78 is 41.4. The Labute approximate surface area is 102 Å². The maximum atomic E-state index is 12.3. The zero-order valence-electron chi connectivity index (χ0n) is 9.86. The average Bonchev–Trinajstić information content (AvgIpc) is 2.35. The van der Waals surface area contributed by atoms with Gasteiger partial charge in [-0.3, -0.25) is 4.79 Å². The Bertz CT molecular complexity index is 412. The zero-order chi connectivity index (χ0) is 13.9. The van der Waals surface area contributed by atoms with Gasteiger partial charge in [-0.25, -0.2) is 0 Å². The van der Waals surface area contributed by atoms with E-state index in [0.717, 1.165) is 24.3 Å². The lowest BCUT2D eigenvalue weighted by Crippen LogP contribution is -2.20. The molecule has 0 radical (unpaired) electrons. The molecule has 3 nitrogen and oxygen atoms in total. The van der Waals surface area contributed by atoms with Crippen LogP contribution in [0.25, 0.3) is 0 Å². The van der Waals surface area contributed by atoms with Crippen molar-refractivity contribution in [2.24, 2.45) is 5.92 Å². The molecule has 1 rings (SSSR count). The van der Waals surface area contributed by atoms with Crippen LogP contribution in [0.5, 0.6) is 0 Å². The summed E-state index contributed by atoms with van der Waals surface area (Å²) >= 11 is 0. The normalized spacial score (nSPS) is 15.0. The van der Waals surface area contributed by atoms with E-state index in [1.807, 2.05) is 0 Å². The topological polar surface area (TPSA) is 46.5 Å². The van der Waals surface area contributed by atoms with E-state index < -0.39 is 29.7 Å². The fraction of sp³-hybridized carbons (Fsp3) is 0.417. The SMILES string of the molecule is COC(=O)[C@H](C)[C@H](O)c1ccc(C(F)(F)F)cc1. The molecule has 0 spiro atoms. The van der Waals surface area contributed by atoms with Gasteiger partial charge in [-0.05, 0) is 24.6 Å². The molecule has 1 aromatic rings. The Morgan fingerprint density at radius 3 is 2.17 bits per heavy atom. The van der Waals surface area contributed by atoms with E-state index in [2.05, 4.69) is 4.74 Å². The van der Waals surface area contributed by atoms with Crippen molar-refractivity contribution in [1.29, 1.82) is 0 Å². The smallest absolute Gasteiger partial charge is 0.416 e. The summed E-state index contributed by atoms with van der Waals surface area (Å²) in [6, 6.07) is 4.02. The van der Waals surface area contributed by atoms with Gasteiger partial charge in [0.25, 0.3) is 0 Å². The quantitative estimate of drug-likeness (QED) is 0.851. The number of ether oxygens (including phenoxy) is 1. The maximum Gasteiger partial charge on any atom is 0.416 e. The first-order valence-electron chi connectivity index (χ1n) is 5.20. The number of hydrogen-bond donors (Lipinski definition) is 1. The van der Waals surface area contributed by atoms with Crippen LogP contribution in [0.1, 0.15) is 24.2 Å². The fourth-order valence-corrected chi connectivity index (χ4v) is 1.47. The summed E-state index contributed by atoms with van der Waals surface area (Å²) in [5.74, 6) is -1.46. The third-order valence-electron chi connectivity index (χ3n) is 2.63.